The number of carbonyl (C=O) groups excluding carboxylic acids is 3. The first-order valence-corrected chi connectivity index (χ1v) is 11.6. The van der Waals surface area contributed by atoms with E-state index in [1.54, 1.807) is 18.3 Å². The van der Waals surface area contributed by atoms with E-state index in [0.29, 0.717) is 30.2 Å². The van der Waals surface area contributed by atoms with Gasteiger partial charge in [-0.2, -0.15) is 0 Å². The molecule has 1 aromatic heterocycles. The Labute approximate surface area is 207 Å². The lowest BCUT2D eigenvalue weighted by Gasteiger charge is -2.20. The van der Waals surface area contributed by atoms with Gasteiger partial charge in [-0.3, -0.25) is 19.7 Å². The highest BCUT2D eigenvalue weighted by Crippen LogP contribution is 2.24. The molecule has 0 fully saturated rings. The van der Waals surface area contributed by atoms with Gasteiger partial charge in [0.15, 0.2) is 0 Å². The predicted octanol–water partition coefficient (Wildman–Crippen LogP) is 1.19. The summed E-state index contributed by atoms with van der Waals surface area (Å²) in [4.78, 5) is 50.9. The Morgan fingerprint density at radius 3 is 2.47 bits per heavy atom. The van der Waals surface area contributed by atoms with Crippen molar-refractivity contribution >= 4 is 34.8 Å². The van der Waals surface area contributed by atoms with Crippen LogP contribution < -0.4 is 16.4 Å². The summed E-state index contributed by atoms with van der Waals surface area (Å²) >= 11 is 0. The Morgan fingerprint density at radius 2 is 1.81 bits per heavy atom. The number of hydrogen-bond donors (Lipinski definition) is 6. The third-order valence-corrected chi connectivity index (χ3v) is 5.87. The number of phenolic OH excluding ortho intramolecular Hbond substituents is 1. The van der Waals surface area contributed by atoms with Crippen LogP contribution in [-0.2, 0) is 38.6 Å². The maximum Gasteiger partial charge on any atom is 0.305 e. The second-order valence-electron chi connectivity index (χ2n) is 8.59. The van der Waals surface area contributed by atoms with Crippen LogP contribution >= 0.6 is 0 Å². The van der Waals surface area contributed by atoms with E-state index in [1.807, 2.05) is 24.3 Å². The molecule has 2 atom stereocenters. The topological polar surface area (TPSA) is 175 Å². The fourth-order valence-electron chi connectivity index (χ4n) is 3.87. The summed E-state index contributed by atoms with van der Waals surface area (Å²) in [5.41, 5.74) is 9.07. The number of nitrogens with one attached hydrogen (secondary N) is 3. The number of carboxylic acid groups (broad SMARTS) is 1. The van der Waals surface area contributed by atoms with Crippen LogP contribution in [0.4, 0.5) is 0 Å². The van der Waals surface area contributed by atoms with Crippen molar-refractivity contribution in [3.05, 3.63) is 65.4 Å². The minimum Gasteiger partial charge on any atom is -0.508 e. The summed E-state index contributed by atoms with van der Waals surface area (Å²) in [7, 11) is 0. The molecule has 1 heterocycles. The van der Waals surface area contributed by atoms with Gasteiger partial charge in [0.25, 0.3) is 0 Å². The first-order valence-electron chi connectivity index (χ1n) is 11.6. The van der Waals surface area contributed by atoms with Gasteiger partial charge in [-0.1, -0.05) is 24.3 Å². The summed E-state index contributed by atoms with van der Waals surface area (Å²) in [6.45, 7) is 0.358. The fraction of sp³-hybridized carbons (Fsp3) is 0.308. The van der Waals surface area contributed by atoms with Gasteiger partial charge in [0.2, 0.25) is 5.91 Å². The van der Waals surface area contributed by atoms with Crippen LogP contribution in [0.15, 0.2) is 48.7 Å². The highest BCUT2D eigenvalue weighted by molar-refractivity contribution is 5.89. The van der Waals surface area contributed by atoms with Crippen LogP contribution in [0.1, 0.15) is 29.5 Å². The van der Waals surface area contributed by atoms with Gasteiger partial charge in [0, 0.05) is 30.1 Å². The number of H-pyrrole nitrogens is 1. The van der Waals surface area contributed by atoms with Crippen LogP contribution in [0.2, 0.25) is 0 Å². The number of fused-ring (bicyclic) bond motifs is 1. The molecule has 190 valence electrons. The number of ketones is 1. The number of nitrogens with two attached hydrogens (primary N) is 1. The van der Waals surface area contributed by atoms with Crippen LogP contribution in [-0.4, -0.2) is 57.8 Å². The van der Waals surface area contributed by atoms with Gasteiger partial charge in [-0.25, -0.2) is 0 Å². The van der Waals surface area contributed by atoms with E-state index in [-0.39, 0.29) is 30.9 Å². The number of aldehydes is 1. The van der Waals surface area contributed by atoms with Gasteiger partial charge in [0.1, 0.15) is 17.8 Å². The number of rotatable bonds is 14. The second kappa shape index (κ2) is 12.6. The molecule has 0 saturated carbocycles. The van der Waals surface area contributed by atoms with Crippen molar-refractivity contribution in [3.8, 4) is 5.75 Å². The first-order chi connectivity index (χ1) is 17.3. The van der Waals surface area contributed by atoms with Crippen LogP contribution in [0.3, 0.4) is 0 Å². The third kappa shape index (κ3) is 7.49. The Hall–Kier alpha value is -4.02. The van der Waals surface area contributed by atoms with E-state index in [2.05, 4.69) is 15.6 Å². The van der Waals surface area contributed by atoms with Crippen molar-refractivity contribution in [2.24, 2.45) is 5.73 Å². The second-order valence-corrected chi connectivity index (χ2v) is 8.59. The molecule has 0 radical (unpaired) electrons. The van der Waals surface area contributed by atoms with E-state index in [4.69, 9.17) is 10.8 Å². The molecule has 10 heteroatoms. The number of aromatic hydroxyl groups is 1. The Kier molecular flexibility index (Phi) is 9.32. The van der Waals surface area contributed by atoms with Gasteiger partial charge >= 0.3 is 5.97 Å². The quantitative estimate of drug-likeness (QED) is 0.181. The molecule has 0 aliphatic carbocycles. The van der Waals surface area contributed by atoms with Crippen LogP contribution in [0.25, 0.3) is 10.9 Å². The highest BCUT2D eigenvalue weighted by Gasteiger charge is 2.24. The van der Waals surface area contributed by atoms with E-state index >= 15 is 0 Å². The van der Waals surface area contributed by atoms with Crippen LogP contribution in [0, 0.1) is 0 Å². The monoisotopic (exact) mass is 494 g/mol. The maximum absolute atomic E-state index is 13.0. The molecule has 0 aliphatic heterocycles. The van der Waals surface area contributed by atoms with E-state index in [9.17, 15) is 24.3 Å². The Balaban J connectivity index is 1.68. The molecule has 2 aromatic carbocycles. The largest absolute Gasteiger partial charge is 0.508 e. The third-order valence-electron chi connectivity index (χ3n) is 5.87. The van der Waals surface area contributed by atoms with Gasteiger partial charge in [0.05, 0.1) is 25.0 Å². The highest BCUT2D eigenvalue weighted by atomic mass is 16.4. The van der Waals surface area contributed by atoms with E-state index < -0.39 is 30.4 Å². The number of aromatic nitrogens is 1. The average Bonchev–Trinajstić information content (AvgIpc) is 3.26. The smallest absolute Gasteiger partial charge is 0.305 e. The molecule has 10 nitrogen and oxygen atoms in total. The molecule has 1 amide bonds. The lowest BCUT2D eigenvalue weighted by Crippen LogP contribution is -2.50. The molecule has 0 spiro atoms. The zero-order valence-corrected chi connectivity index (χ0v) is 19.7. The number of carboxylic acids is 1. The van der Waals surface area contributed by atoms with Crippen molar-refractivity contribution in [1.29, 1.82) is 0 Å². The molecule has 0 bridgehead atoms. The number of aryl methyl sites for hydroxylation is 1. The summed E-state index contributed by atoms with van der Waals surface area (Å²) in [6, 6.07) is 10.4. The van der Waals surface area contributed by atoms with Crippen molar-refractivity contribution in [2.45, 2.75) is 44.3 Å². The molecule has 3 aromatic rings. The molecule has 3 rings (SSSR count). The molecule has 36 heavy (non-hydrogen) atoms. The first kappa shape index (κ1) is 26.6. The van der Waals surface area contributed by atoms with E-state index in [1.165, 1.54) is 6.07 Å². The van der Waals surface area contributed by atoms with Crippen molar-refractivity contribution in [2.75, 3.05) is 6.54 Å². The normalized spacial score (nSPS) is 12.7. The minimum absolute atomic E-state index is 0.0643. The summed E-state index contributed by atoms with van der Waals surface area (Å²) in [6.07, 6.45) is 2.46. The SMILES string of the molecule is NCc1ccc(CCC(=O)CNC(Cc2c[nH]c3ccc(O)cc23)C(=O)N[C@@H](C=O)CC(=O)O)cc1. The Bertz CT molecular complexity index is 1220. The molecule has 0 aliphatic rings. The zero-order valence-electron chi connectivity index (χ0n) is 19.7. The summed E-state index contributed by atoms with van der Waals surface area (Å²) in [5.74, 6) is -1.87. The van der Waals surface area contributed by atoms with Crippen molar-refractivity contribution < 1.29 is 29.4 Å². The van der Waals surface area contributed by atoms with Crippen LogP contribution in [0.5, 0.6) is 5.75 Å². The number of amides is 1. The predicted molar refractivity (Wildman–Crippen MR) is 133 cm³/mol. The average molecular weight is 495 g/mol. The fourth-order valence-corrected chi connectivity index (χ4v) is 3.87. The lowest BCUT2D eigenvalue weighted by molar-refractivity contribution is -0.138. The Morgan fingerprint density at radius 1 is 1.08 bits per heavy atom. The number of Topliss-reactive ketones (excluding diaryl/α,β-unsaturated/α-hetero) is 1. The van der Waals surface area contributed by atoms with Crippen molar-refractivity contribution in [3.63, 3.8) is 0 Å². The standard InChI is InChI=1S/C26H30N4O6/c27-12-17-3-1-16(2-4-17)5-6-21(33)14-29-24(26(36)30-19(15-31)10-25(34)35)9-18-13-28-23-8-7-20(32)11-22(18)23/h1-4,7-8,11,13,15,19,24,28-29,32H,5-6,9-10,12,14,27H2,(H,30,36)(H,34,35)/t19-,24?/m1/s1. The molecular weight excluding hydrogens is 464 g/mol. The maximum atomic E-state index is 13.0. The number of aromatic amines is 1. The van der Waals surface area contributed by atoms with E-state index in [0.717, 1.165) is 16.6 Å². The number of benzene rings is 2. The molecular formula is C26H30N4O6. The van der Waals surface area contributed by atoms with Crippen molar-refractivity contribution in [1.82, 2.24) is 15.6 Å². The molecule has 7 N–H and O–H groups in total. The summed E-state index contributed by atoms with van der Waals surface area (Å²) < 4.78 is 0. The number of phenols is 1. The van der Waals surface area contributed by atoms with Gasteiger partial charge < -0.3 is 31.0 Å². The number of carbonyl (C=O) groups is 4. The number of hydrogen-bond acceptors (Lipinski definition) is 7. The van der Waals surface area contributed by atoms with Gasteiger partial charge in [-0.05, 0) is 47.7 Å². The zero-order chi connectivity index (χ0) is 26.1. The van der Waals surface area contributed by atoms with Gasteiger partial charge in [-0.15, -0.1) is 0 Å². The summed E-state index contributed by atoms with van der Waals surface area (Å²) in [5, 5.41) is 24.9. The molecule has 0 saturated heterocycles. The minimum atomic E-state index is -1.22. The number of aliphatic carboxylic acids is 1. The lowest BCUT2D eigenvalue weighted by atomic mass is 10.0. The molecule has 1 unspecified atom stereocenters.